The van der Waals surface area contributed by atoms with E-state index < -0.39 is 0 Å². The van der Waals surface area contributed by atoms with Gasteiger partial charge in [-0.2, -0.15) is 5.10 Å². The lowest BCUT2D eigenvalue weighted by Gasteiger charge is -2.09. The van der Waals surface area contributed by atoms with E-state index in [0.29, 0.717) is 0 Å². The Bertz CT molecular complexity index is 701. The van der Waals surface area contributed by atoms with Crippen molar-refractivity contribution in [1.82, 2.24) is 9.78 Å². The first-order valence-corrected chi connectivity index (χ1v) is 6.39. The zero-order valence-electron chi connectivity index (χ0n) is 9.80. The SMILES string of the molecule is Cn1nccc1C(N)c1cc2ccc(F)cc2s1. The number of thiophene rings is 1. The van der Waals surface area contributed by atoms with Gasteiger partial charge in [-0.1, -0.05) is 6.07 Å². The Hall–Kier alpha value is -1.72. The molecule has 0 amide bonds. The highest BCUT2D eigenvalue weighted by molar-refractivity contribution is 7.19. The summed E-state index contributed by atoms with van der Waals surface area (Å²) < 4.78 is 15.8. The number of benzene rings is 1. The summed E-state index contributed by atoms with van der Waals surface area (Å²) in [5.41, 5.74) is 7.17. The number of fused-ring (bicyclic) bond motifs is 1. The lowest BCUT2D eigenvalue weighted by Crippen LogP contribution is -2.14. The van der Waals surface area contributed by atoms with Crippen LogP contribution in [0.1, 0.15) is 16.6 Å². The molecule has 0 spiro atoms. The fourth-order valence-corrected chi connectivity index (χ4v) is 3.12. The molecule has 5 heteroatoms. The minimum absolute atomic E-state index is 0.218. The van der Waals surface area contributed by atoms with Crippen LogP contribution in [0.15, 0.2) is 36.5 Å². The number of hydrogen-bond donors (Lipinski definition) is 1. The first kappa shape index (κ1) is 11.4. The molecule has 0 saturated carbocycles. The Morgan fingerprint density at radius 2 is 2.17 bits per heavy atom. The van der Waals surface area contributed by atoms with E-state index in [4.69, 9.17) is 5.73 Å². The molecule has 2 aromatic heterocycles. The third-order valence-corrected chi connectivity index (χ3v) is 4.17. The first-order chi connectivity index (χ1) is 8.65. The van der Waals surface area contributed by atoms with Crippen LogP contribution in [0.25, 0.3) is 10.1 Å². The van der Waals surface area contributed by atoms with Crippen molar-refractivity contribution in [3.05, 3.63) is 52.9 Å². The van der Waals surface area contributed by atoms with Gasteiger partial charge in [-0.25, -0.2) is 4.39 Å². The molecule has 0 radical (unpaired) electrons. The summed E-state index contributed by atoms with van der Waals surface area (Å²) in [6, 6.07) is 8.47. The monoisotopic (exact) mass is 261 g/mol. The minimum Gasteiger partial charge on any atom is -0.318 e. The fourth-order valence-electron chi connectivity index (χ4n) is 2.01. The van der Waals surface area contributed by atoms with Gasteiger partial charge >= 0.3 is 0 Å². The average molecular weight is 261 g/mol. The highest BCUT2D eigenvalue weighted by Crippen LogP contribution is 2.32. The van der Waals surface area contributed by atoms with E-state index in [1.165, 1.54) is 17.4 Å². The van der Waals surface area contributed by atoms with E-state index in [-0.39, 0.29) is 11.9 Å². The summed E-state index contributed by atoms with van der Waals surface area (Å²) in [7, 11) is 1.86. The Labute approximate surface area is 108 Å². The van der Waals surface area contributed by atoms with Gasteiger partial charge in [0.25, 0.3) is 0 Å². The number of aromatic nitrogens is 2. The van der Waals surface area contributed by atoms with Crippen LogP contribution in [0.2, 0.25) is 0 Å². The maximum Gasteiger partial charge on any atom is 0.124 e. The lowest BCUT2D eigenvalue weighted by atomic mass is 10.1. The Balaban J connectivity index is 2.07. The molecule has 2 N–H and O–H groups in total. The molecule has 0 bridgehead atoms. The number of aryl methyl sites for hydroxylation is 1. The van der Waals surface area contributed by atoms with Crippen LogP contribution in [0.3, 0.4) is 0 Å². The van der Waals surface area contributed by atoms with Crippen molar-refractivity contribution in [1.29, 1.82) is 0 Å². The zero-order chi connectivity index (χ0) is 12.7. The molecule has 18 heavy (non-hydrogen) atoms. The third-order valence-electron chi connectivity index (χ3n) is 2.99. The molecule has 3 nitrogen and oxygen atoms in total. The summed E-state index contributed by atoms with van der Waals surface area (Å²) in [5, 5.41) is 5.13. The van der Waals surface area contributed by atoms with Gasteiger partial charge in [-0.3, -0.25) is 4.68 Å². The van der Waals surface area contributed by atoms with Crippen LogP contribution < -0.4 is 5.73 Å². The summed E-state index contributed by atoms with van der Waals surface area (Å²) in [6.45, 7) is 0. The molecule has 92 valence electrons. The van der Waals surface area contributed by atoms with Gasteiger partial charge in [0, 0.05) is 22.8 Å². The minimum atomic E-state index is -0.224. The summed E-state index contributed by atoms with van der Waals surface area (Å²) >= 11 is 1.52. The third kappa shape index (κ3) is 1.81. The smallest absolute Gasteiger partial charge is 0.124 e. The molecule has 3 rings (SSSR count). The summed E-state index contributed by atoms with van der Waals surface area (Å²) in [4.78, 5) is 1.01. The van der Waals surface area contributed by atoms with Gasteiger partial charge in [0.05, 0.1) is 11.7 Å². The molecule has 3 aromatic rings. The van der Waals surface area contributed by atoms with Crippen molar-refractivity contribution in [2.45, 2.75) is 6.04 Å². The van der Waals surface area contributed by atoms with Gasteiger partial charge in [-0.15, -0.1) is 11.3 Å². The standard InChI is InChI=1S/C13H12FN3S/c1-17-10(4-5-16-17)13(15)12-6-8-2-3-9(14)7-11(8)18-12/h2-7,13H,15H2,1H3. The quantitative estimate of drug-likeness (QED) is 0.771. The van der Waals surface area contributed by atoms with E-state index >= 15 is 0 Å². The van der Waals surface area contributed by atoms with E-state index in [1.54, 1.807) is 23.0 Å². The number of halogens is 1. The predicted molar refractivity (Wildman–Crippen MR) is 71.0 cm³/mol. The van der Waals surface area contributed by atoms with Gasteiger partial charge in [0.2, 0.25) is 0 Å². The van der Waals surface area contributed by atoms with Crippen LogP contribution >= 0.6 is 11.3 Å². The molecule has 0 saturated heterocycles. The second-order valence-electron chi connectivity index (χ2n) is 4.19. The van der Waals surface area contributed by atoms with Crippen LogP contribution in [-0.2, 0) is 7.05 Å². The van der Waals surface area contributed by atoms with Crippen molar-refractivity contribution in [3.8, 4) is 0 Å². The van der Waals surface area contributed by atoms with Crippen molar-refractivity contribution >= 4 is 21.4 Å². The van der Waals surface area contributed by atoms with Crippen molar-refractivity contribution in [3.63, 3.8) is 0 Å². The largest absolute Gasteiger partial charge is 0.318 e. The van der Waals surface area contributed by atoms with E-state index in [0.717, 1.165) is 20.7 Å². The van der Waals surface area contributed by atoms with Crippen LogP contribution in [0.5, 0.6) is 0 Å². The fraction of sp³-hybridized carbons (Fsp3) is 0.154. The van der Waals surface area contributed by atoms with E-state index in [9.17, 15) is 4.39 Å². The number of nitrogens with two attached hydrogens (primary N) is 1. The molecule has 0 aliphatic carbocycles. The number of hydrogen-bond acceptors (Lipinski definition) is 3. The lowest BCUT2D eigenvalue weighted by molar-refractivity contribution is 0.630. The Morgan fingerprint density at radius 1 is 1.33 bits per heavy atom. The van der Waals surface area contributed by atoms with Crippen molar-refractivity contribution in [2.75, 3.05) is 0 Å². The topological polar surface area (TPSA) is 43.8 Å². The van der Waals surface area contributed by atoms with Crippen molar-refractivity contribution in [2.24, 2.45) is 12.8 Å². The summed E-state index contributed by atoms with van der Waals surface area (Å²) in [6.07, 6.45) is 1.72. The van der Waals surface area contributed by atoms with Crippen LogP contribution in [0.4, 0.5) is 4.39 Å². The first-order valence-electron chi connectivity index (χ1n) is 5.57. The van der Waals surface area contributed by atoms with Crippen LogP contribution in [0, 0.1) is 5.82 Å². The van der Waals surface area contributed by atoms with Gasteiger partial charge in [0.1, 0.15) is 5.82 Å². The number of nitrogens with zero attached hydrogens (tertiary/aromatic N) is 2. The molecule has 1 unspecified atom stereocenters. The second kappa shape index (κ2) is 4.19. The maximum atomic E-state index is 13.1. The summed E-state index contributed by atoms with van der Waals surface area (Å²) in [5.74, 6) is -0.218. The maximum absolute atomic E-state index is 13.1. The molecule has 1 aromatic carbocycles. The predicted octanol–water partition coefficient (Wildman–Crippen LogP) is 2.82. The van der Waals surface area contributed by atoms with E-state index in [2.05, 4.69) is 5.10 Å². The molecule has 0 aliphatic rings. The van der Waals surface area contributed by atoms with Gasteiger partial charge in [0.15, 0.2) is 0 Å². The van der Waals surface area contributed by atoms with Gasteiger partial charge in [-0.05, 0) is 29.7 Å². The van der Waals surface area contributed by atoms with Crippen LogP contribution in [-0.4, -0.2) is 9.78 Å². The molecule has 2 heterocycles. The Kier molecular flexibility index (Phi) is 2.65. The second-order valence-corrected chi connectivity index (χ2v) is 5.30. The number of rotatable bonds is 2. The molecule has 1 atom stereocenters. The van der Waals surface area contributed by atoms with Gasteiger partial charge < -0.3 is 5.73 Å². The highest BCUT2D eigenvalue weighted by atomic mass is 32.1. The normalized spacial score (nSPS) is 13.1. The highest BCUT2D eigenvalue weighted by Gasteiger charge is 2.15. The van der Waals surface area contributed by atoms with E-state index in [1.807, 2.05) is 19.2 Å². The Morgan fingerprint density at radius 3 is 2.89 bits per heavy atom. The zero-order valence-corrected chi connectivity index (χ0v) is 10.6. The van der Waals surface area contributed by atoms with Crippen molar-refractivity contribution < 1.29 is 4.39 Å². The molecule has 0 aliphatic heterocycles. The average Bonchev–Trinajstić information content (AvgIpc) is 2.93. The molecular weight excluding hydrogens is 249 g/mol. The molecule has 0 fully saturated rings. The molecular formula is C13H12FN3S.